The van der Waals surface area contributed by atoms with Gasteiger partial charge in [-0.2, -0.15) is 0 Å². The van der Waals surface area contributed by atoms with Crippen molar-refractivity contribution in [3.05, 3.63) is 28.8 Å². The zero-order valence-corrected chi connectivity index (χ0v) is 11.0. The molecule has 92 valence electrons. The summed E-state index contributed by atoms with van der Waals surface area (Å²) in [5.41, 5.74) is 6.40. The zero-order chi connectivity index (χ0) is 12.8. The highest BCUT2D eigenvalue weighted by molar-refractivity contribution is 7.80. The fourth-order valence-electron chi connectivity index (χ4n) is 1.25. The van der Waals surface area contributed by atoms with Crippen LogP contribution in [0.3, 0.4) is 0 Å². The van der Waals surface area contributed by atoms with Gasteiger partial charge in [0.25, 0.3) is 5.91 Å². The highest BCUT2D eigenvalue weighted by atomic mass is 35.5. The summed E-state index contributed by atoms with van der Waals surface area (Å²) in [5, 5.41) is 6.05. The Balaban J connectivity index is 2.89. The molecule has 17 heavy (non-hydrogen) atoms. The number of halogens is 1. The lowest BCUT2D eigenvalue weighted by atomic mass is 10.2. The van der Waals surface area contributed by atoms with Crippen LogP contribution in [0.1, 0.15) is 23.7 Å². The zero-order valence-electron chi connectivity index (χ0n) is 9.42. The molecule has 0 aliphatic carbocycles. The molecule has 0 saturated carbocycles. The van der Waals surface area contributed by atoms with Gasteiger partial charge in [0, 0.05) is 12.2 Å². The molecule has 6 heteroatoms. The SMILES string of the molecule is CCCNC(=O)c1cc(NC(N)=S)ccc1Cl. The first-order valence-electron chi connectivity index (χ1n) is 5.18. The third kappa shape index (κ3) is 4.20. The summed E-state index contributed by atoms with van der Waals surface area (Å²) in [6.07, 6.45) is 0.869. The molecule has 1 rings (SSSR count). The lowest BCUT2D eigenvalue weighted by Gasteiger charge is -2.09. The van der Waals surface area contributed by atoms with Gasteiger partial charge in [-0.15, -0.1) is 0 Å². The highest BCUT2D eigenvalue weighted by Gasteiger charge is 2.10. The minimum absolute atomic E-state index is 0.146. The second-order valence-corrected chi connectivity index (χ2v) is 4.29. The van der Waals surface area contributed by atoms with Crippen molar-refractivity contribution in [2.45, 2.75) is 13.3 Å². The van der Waals surface area contributed by atoms with Crippen LogP contribution in [-0.4, -0.2) is 17.6 Å². The normalized spacial score (nSPS) is 9.76. The summed E-state index contributed by atoms with van der Waals surface area (Å²) in [7, 11) is 0. The Hall–Kier alpha value is -1.33. The van der Waals surface area contributed by atoms with E-state index in [1.54, 1.807) is 18.2 Å². The molecule has 4 N–H and O–H groups in total. The van der Waals surface area contributed by atoms with E-state index in [4.69, 9.17) is 29.6 Å². The average Bonchev–Trinajstić information content (AvgIpc) is 2.28. The third-order valence-electron chi connectivity index (χ3n) is 2.01. The Labute approximate surface area is 111 Å². The van der Waals surface area contributed by atoms with Gasteiger partial charge in [0.15, 0.2) is 5.11 Å². The predicted molar refractivity (Wildman–Crippen MR) is 74.5 cm³/mol. The molecule has 0 bridgehead atoms. The quantitative estimate of drug-likeness (QED) is 0.734. The predicted octanol–water partition coefficient (Wildman–Crippen LogP) is 2.14. The van der Waals surface area contributed by atoms with Crippen molar-refractivity contribution in [3.63, 3.8) is 0 Å². The summed E-state index contributed by atoms with van der Waals surface area (Å²) in [6.45, 7) is 2.59. The molecular weight excluding hydrogens is 258 g/mol. The minimum atomic E-state index is -0.205. The van der Waals surface area contributed by atoms with Crippen LogP contribution < -0.4 is 16.4 Å². The van der Waals surface area contributed by atoms with Crippen LogP contribution in [0.25, 0.3) is 0 Å². The van der Waals surface area contributed by atoms with E-state index in [2.05, 4.69) is 10.6 Å². The van der Waals surface area contributed by atoms with Crippen molar-refractivity contribution in [3.8, 4) is 0 Å². The van der Waals surface area contributed by atoms with Gasteiger partial charge in [0.1, 0.15) is 0 Å². The van der Waals surface area contributed by atoms with Gasteiger partial charge >= 0.3 is 0 Å². The molecule has 0 saturated heterocycles. The number of nitrogens with one attached hydrogen (secondary N) is 2. The van der Waals surface area contributed by atoms with E-state index in [1.807, 2.05) is 6.92 Å². The minimum Gasteiger partial charge on any atom is -0.376 e. The Morgan fingerprint density at radius 1 is 1.53 bits per heavy atom. The lowest BCUT2D eigenvalue weighted by molar-refractivity contribution is 0.0954. The standard InChI is InChI=1S/C11H14ClN3OS/c1-2-5-14-10(16)8-6-7(15-11(13)17)3-4-9(8)12/h3-4,6H,2,5H2,1H3,(H,14,16)(H3,13,15,17). The number of hydrogen-bond acceptors (Lipinski definition) is 2. The van der Waals surface area contributed by atoms with Crippen molar-refractivity contribution in [2.75, 3.05) is 11.9 Å². The van der Waals surface area contributed by atoms with Gasteiger partial charge in [-0.1, -0.05) is 18.5 Å². The van der Waals surface area contributed by atoms with Crippen LogP contribution in [0.15, 0.2) is 18.2 Å². The summed E-state index contributed by atoms with van der Waals surface area (Å²) < 4.78 is 0. The van der Waals surface area contributed by atoms with Gasteiger partial charge in [-0.25, -0.2) is 0 Å². The Morgan fingerprint density at radius 3 is 2.82 bits per heavy atom. The molecule has 1 aromatic carbocycles. The van der Waals surface area contributed by atoms with E-state index < -0.39 is 0 Å². The second-order valence-electron chi connectivity index (χ2n) is 3.44. The summed E-state index contributed by atoms with van der Waals surface area (Å²) in [4.78, 5) is 11.8. The number of anilines is 1. The summed E-state index contributed by atoms with van der Waals surface area (Å²) in [6, 6.07) is 4.95. The largest absolute Gasteiger partial charge is 0.376 e. The molecule has 0 heterocycles. The molecule has 1 aromatic rings. The molecule has 0 aliphatic heterocycles. The van der Waals surface area contributed by atoms with Gasteiger partial charge in [-0.3, -0.25) is 4.79 Å². The molecule has 0 spiro atoms. The number of nitrogens with two attached hydrogens (primary N) is 1. The van der Waals surface area contributed by atoms with Crippen LogP contribution in [-0.2, 0) is 0 Å². The van der Waals surface area contributed by atoms with Crippen molar-refractivity contribution >= 4 is 40.5 Å². The second kappa shape index (κ2) is 6.42. The molecule has 0 aromatic heterocycles. The van der Waals surface area contributed by atoms with E-state index in [1.165, 1.54) is 0 Å². The van der Waals surface area contributed by atoms with Crippen molar-refractivity contribution in [2.24, 2.45) is 5.73 Å². The topological polar surface area (TPSA) is 67.2 Å². The van der Waals surface area contributed by atoms with E-state index in [-0.39, 0.29) is 11.0 Å². The molecule has 0 unspecified atom stereocenters. The van der Waals surface area contributed by atoms with Gasteiger partial charge in [0.05, 0.1) is 10.6 Å². The molecule has 0 atom stereocenters. The lowest BCUT2D eigenvalue weighted by Crippen LogP contribution is -2.25. The van der Waals surface area contributed by atoms with Crippen LogP contribution in [0, 0.1) is 0 Å². The van der Waals surface area contributed by atoms with Gasteiger partial charge < -0.3 is 16.4 Å². The number of rotatable bonds is 4. The van der Waals surface area contributed by atoms with Gasteiger partial charge in [0.2, 0.25) is 0 Å². The average molecular weight is 272 g/mol. The molecule has 0 radical (unpaired) electrons. The van der Waals surface area contributed by atoms with E-state index >= 15 is 0 Å². The van der Waals surface area contributed by atoms with Gasteiger partial charge in [-0.05, 0) is 36.8 Å². The van der Waals surface area contributed by atoms with E-state index in [0.29, 0.717) is 22.8 Å². The highest BCUT2D eigenvalue weighted by Crippen LogP contribution is 2.20. The summed E-state index contributed by atoms with van der Waals surface area (Å²) >= 11 is 10.7. The first-order chi connectivity index (χ1) is 8.04. The van der Waals surface area contributed by atoms with E-state index in [0.717, 1.165) is 6.42 Å². The number of benzene rings is 1. The Kier molecular flexibility index (Phi) is 5.18. The maximum Gasteiger partial charge on any atom is 0.252 e. The van der Waals surface area contributed by atoms with Crippen molar-refractivity contribution < 1.29 is 4.79 Å². The third-order valence-corrected chi connectivity index (χ3v) is 2.45. The Bertz CT molecular complexity index is 437. The monoisotopic (exact) mass is 271 g/mol. The summed E-state index contributed by atoms with van der Waals surface area (Å²) in [5.74, 6) is -0.205. The first kappa shape index (κ1) is 13.7. The fraction of sp³-hybridized carbons (Fsp3) is 0.273. The molecule has 4 nitrogen and oxygen atoms in total. The molecule has 1 amide bonds. The number of thiocarbonyl (C=S) groups is 1. The number of carbonyl (C=O) groups excluding carboxylic acids is 1. The van der Waals surface area contributed by atoms with Crippen LogP contribution in [0.5, 0.6) is 0 Å². The van der Waals surface area contributed by atoms with Crippen LogP contribution >= 0.6 is 23.8 Å². The van der Waals surface area contributed by atoms with Crippen molar-refractivity contribution in [1.29, 1.82) is 0 Å². The maximum absolute atomic E-state index is 11.8. The van der Waals surface area contributed by atoms with Crippen molar-refractivity contribution in [1.82, 2.24) is 5.32 Å². The molecule has 0 aliphatic rings. The maximum atomic E-state index is 11.8. The fourth-order valence-corrected chi connectivity index (χ4v) is 1.57. The molecule has 0 fully saturated rings. The Morgan fingerprint density at radius 2 is 2.24 bits per heavy atom. The van der Waals surface area contributed by atoms with E-state index in [9.17, 15) is 4.79 Å². The van der Waals surface area contributed by atoms with Crippen LogP contribution in [0.2, 0.25) is 5.02 Å². The number of amides is 1. The number of carbonyl (C=O) groups is 1. The first-order valence-corrected chi connectivity index (χ1v) is 5.97. The smallest absolute Gasteiger partial charge is 0.252 e. The number of hydrogen-bond donors (Lipinski definition) is 3. The van der Waals surface area contributed by atoms with Crippen LogP contribution in [0.4, 0.5) is 5.69 Å². The molecular formula is C11H14ClN3OS.